The van der Waals surface area contributed by atoms with Crippen LogP contribution in [0.3, 0.4) is 0 Å². The Kier molecular flexibility index (Phi) is 4.99. The van der Waals surface area contributed by atoms with E-state index in [1.165, 1.54) is 29.4 Å². The van der Waals surface area contributed by atoms with Crippen molar-refractivity contribution in [3.05, 3.63) is 81.1 Å². The Bertz CT molecular complexity index is 1530. The van der Waals surface area contributed by atoms with Crippen LogP contribution in [-0.4, -0.2) is 29.5 Å². The first-order valence-electron chi connectivity index (χ1n) is 9.52. The Morgan fingerprint density at radius 3 is 2.62 bits per heavy atom. The number of aromatic amines is 1. The maximum absolute atomic E-state index is 14.6. The number of imidazole rings is 1. The van der Waals surface area contributed by atoms with E-state index in [1.54, 1.807) is 31.2 Å². The topological polar surface area (TPSA) is 101 Å². The Balaban J connectivity index is 1.76. The van der Waals surface area contributed by atoms with Gasteiger partial charge in [0.25, 0.3) is 5.56 Å². The van der Waals surface area contributed by atoms with Crippen molar-refractivity contribution in [3.63, 3.8) is 0 Å². The van der Waals surface area contributed by atoms with E-state index in [0.29, 0.717) is 17.0 Å². The second kappa shape index (κ2) is 7.85. The van der Waals surface area contributed by atoms with Gasteiger partial charge in [0.1, 0.15) is 28.9 Å². The Morgan fingerprint density at radius 2 is 1.84 bits per heavy atom. The first kappa shape index (κ1) is 20.3. The third-order valence-corrected chi connectivity index (χ3v) is 5.61. The van der Waals surface area contributed by atoms with Crippen molar-refractivity contribution in [1.82, 2.24) is 29.5 Å². The van der Waals surface area contributed by atoms with Crippen LogP contribution in [0.15, 0.2) is 53.8 Å². The molecule has 0 aliphatic heterocycles. The second-order valence-electron chi connectivity index (χ2n) is 7.00. The fourth-order valence-corrected chi connectivity index (χ4v) is 4.13. The van der Waals surface area contributed by atoms with E-state index >= 15 is 0 Å². The summed E-state index contributed by atoms with van der Waals surface area (Å²) in [6, 6.07) is 8.57. The zero-order valence-corrected chi connectivity index (χ0v) is 18.0. The number of nitrogens with one attached hydrogen (secondary N) is 2. The van der Waals surface area contributed by atoms with Crippen molar-refractivity contribution in [1.29, 1.82) is 0 Å². The summed E-state index contributed by atoms with van der Waals surface area (Å²) >= 11 is 12.8. The van der Waals surface area contributed by atoms with Crippen LogP contribution < -0.4 is 10.9 Å². The fraction of sp³-hybridized carbons (Fsp3) is 0.0952. The number of rotatable bonds is 4. The number of fused-ring (bicyclic) bond motifs is 2. The predicted octanol–water partition coefficient (Wildman–Crippen LogP) is 4.67. The van der Waals surface area contributed by atoms with Crippen molar-refractivity contribution >= 4 is 51.1 Å². The highest BCUT2D eigenvalue weighted by atomic mass is 35.5. The van der Waals surface area contributed by atoms with Gasteiger partial charge in [-0.1, -0.05) is 35.3 Å². The molecule has 0 bridgehead atoms. The minimum atomic E-state index is -0.681. The van der Waals surface area contributed by atoms with Gasteiger partial charge in [0.15, 0.2) is 11.5 Å². The number of nitrogens with zero attached hydrogens (tertiary/aromatic N) is 5. The summed E-state index contributed by atoms with van der Waals surface area (Å²) in [5.41, 5.74) is 0.885. The third kappa shape index (κ3) is 3.26. The molecule has 0 amide bonds. The van der Waals surface area contributed by atoms with Gasteiger partial charge in [-0.2, -0.15) is 0 Å². The molecule has 0 saturated carbocycles. The van der Waals surface area contributed by atoms with Crippen LogP contribution in [0, 0.1) is 5.82 Å². The molecule has 0 radical (unpaired) electrons. The quantitative estimate of drug-likeness (QED) is 0.396. The number of aromatic nitrogens is 6. The summed E-state index contributed by atoms with van der Waals surface area (Å²) in [6.45, 7) is 1.79. The molecule has 3 heterocycles. The van der Waals surface area contributed by atoms with E-state index < -0.39 is 17.4 Å². The van der Waals surface area contributed by atoms with Gasteiger partial charge in [-0.3, -0.25) is 9.36 Å². The second-order valence-corrected chi connectivity index (χ2v) is 7.82. The van der Waals surface area contributed by atoms with Gasteiger partial charge < -0.3 is 10.3 Å². The first-order valence-corrected chi connectivity index (χ1v) is 10.3. The average molecular weight is 470 g/mol. The number of para-hydroxylation sites is 1. The summed E-state index contributed by atoms with van der Waals surface area (Å²) in [5, 5.41) is 3.51. The van der Waals surface area contributed by atoms with E-state index in [4.69, 9.17) is 23.2 Å². The molecule has 0 aliphatic rings. The molecule has 0 aliphatic carbocycles. The largest absolute Gasteiger partial charge is 0.358 e. The Hall–Kier alpha value is -3.56. The zero-order chi connectivity index (χ0) is 22.4. The molecule has 8 nitrogen and oxygen atoms in total. The molecule has 1 atom stereocenters. The SMILES string of the molecule is C[C@@H](Nc1ncnc2nc[nH]c12)c1nc2cccc(F)c2c(=O)n1-c1c(Cl)cccc1Cl. The summed E-state index contributed by atoms with van der Waals surface area (Å²) in [4.78, 5) is 33.5. The van der Waals surface area contributed by atoms with Crippen LogP contribution in [0.1, 0.15) is 18.8 Å². The van der Waals surface area contributed by atoms with Gasteiger partial charge in [0.05, 0.1) is 33.6 Å². The lowest BCUT2D eigenvalue weighted by Crippen LogP contribution is -2.28. The molecule has 0 unspecified atom stereocenters. The Morgan fingerprint density at radius 1 is 1.09 bits per heavy atom. The van der Waals surface area contributed by atoms with Crippen molar-refractivity contribution in [2.24, 2.45) is 0 Å². The highest BCUT2D eigenvalue weighted by Crippen LogP contribution is 2.31. The highest BCUT2D eigenvalue weighted by molar-refractivity contribution is 6.37. The number of H-pyrrole nitrogens is 1. The standard InChI is InChI=1S/C21H14Cl2FN7O/c1-10(29-19-16-18(26-8-25-16)27-9-28-19)20-30-14-7-3-6-13(24)15(14)21(32)31(20)17-11(22)4-2-5-12(17)23/h2-10H,1H3,(H2,25,26,27,28,29)/t10-/m1/s1. The van der Waals surface area contributed by atoms with Crippen molar-refractivity contribution in [2.75, 3.05) is 5.32 Å². The maximum atomic E-state index is 14.6. The zero-order valence-electron chi connectivity index (χ0n) is 16.5. The van der Waals surface area contributed by atoms with Gasteiger partial charge in [-0.25, -0.2) is 24.3 Å². The normalized spacial score (nSPS) is 12.4. The molecule has 0 fully saturated rings. The minimum absolute atomic E-state index is 0.155. The highest BCUT2D eigenvalue weighted by Gasteiger charge is 2.23. The van der Waals surface area contributed by atoms with Crippen molar-refractivity contribution in [2.45, 2.75) is 13.0 Å². The summed E-state index contributed by atoms with van der Waals surface area (Å²) in [6.07, 6.45) is 2.88. The molecule has 32 heavy (non-hydrogen) atoms. The monoisotopic (exact) mass is 469 g/mol. The molecule has 2 N–H and O–H groups in total. The molecule has 160 valence electrons. The summed E-state index contributed by atoms with van der Waals surface area (Å²) in [5.74, 6) is 0.0545. The van der Waals surface area contributed by atoms with Crippen LogP contribution in [0.4, 0.5) is 10.2 Å². The smallest absolute Gasteiger partial charge is 0.269 e. The lowest BCUT2D eigenvalue weighted by molar-refractivity contribution is 0.635. The van der Waals surface area contributed by atoms with Crippen LogP contribution in [-0.2, 0) is 0 Å². The number of benzene rings is 2. The number of hydrogen-bond donors (Lipinski definition) is 2. The summed E-state index contributed by atoms with van der Waals surface area (Å²) < 4.78 is 15.8. The van der Waals surface area contributed by atoms with E-state index in [-0.39, 0.29) is 32.5 Å². The number of halogens is 3. The van der Waals surface area contributed by atoms with E-state index in [2.05, 4.69) is 30.2 Å². The van der Waals surface area contributed by atoms with Gasteiger partial charge >= 0.3 is 0 Å². The molecule has 0 spiro atoms. The summed E-state index contributed by atoms with van der Waals surface area (Å²) in [7, 11) is 0. The first-order chi connectivity index (χ1) is 15.5. The number of anilines is 1. The van der Waals surface area contributed by atoms with Gasteiger partial charge in [-0.05, 0) is 31.2 Å². The van der Waals surface area contributed by atoms with Crippen LogP contribution in [0.25, 0.3) is 27.8 Å². The lowest BCUT2D eigenvalue weighted by atomic mass is 10.2. The average Bonchev–Trinajstić information content (AvgIpc) is 3.24. The van der Waals surface area contributed by atoms with E-state index in [9.17, 15) is 9.18 Å². The van der Waals surface area contributed by atoms with E-state index in [0.717, 1.165) is 0 Å². The molecule has 11 heteroatoms. The molecule has 5 aromatic rings. The molecular formula is C21H14Cl2FN7O. The van der Waals surface area contributed by atoms with Crippen molar-refractivity contribution < 1.29 is 4.39 Å². The molecule has 3 aromatic heterocycles. The lowest BCUT2D eigenvalue weighted by Gasteiger charge is -2.21. The number of hydrogen-bond acceptors (Lipinski definition) is 6. The molecule has 5 rings (SSSR count). The molecular weight excluding hydrogens is 456 g/mol. The van der Waals surface area contributed by atoms with Crippen LogP contribution in [0.5, 0.6) is 0 Å². The Labute approximate surface area is 190 Å². The van der Waals surface area contributed by atoms with Crippen molar-refractivity contribution in [3.8, 4) is 5.69 Å². The van der Waals surface area contributed by atoms with Gasteiger partial charge in [-0.15, -0.1) is 0 Å². The van der Waals surface area contributed by atoms with Crippen LogP contribution >= 0.6 is 23.2 Å². The maximum Gasteiger partial charge on any atom is 0.269 e. The van der Waals surface area contributed by atoms with E-state index in [1.807, 2.05) is 0 Å². The third-order valence-electron chi connectivity index (χ3n) is 5.00. The van der Waals surface area contributed by atoms with Gasteiger partial charge in [0.2, 0.25) is 0 Å². The molecule has 2 aromatic carbocycles. The fourth-order valence-electron chi connectivity index (χ4n) is 3.56. The minimum Gasteiger partial charge on any atom is -0.358 e. The predicted molar refractivity (Wildman–Crippen MR) is 121 cm³/mol. The van der Waals surface area contributed by atoms with Gasteiger partial charge in [0, 0.05) is 0 Å². The van der Waals surface area contributed by atoms with Crippen LogP contribution in [0.2, 0.25) is 10.0 Å². The molecule has 0 saturated heterocycles.